The van der Waals surface area contributed by atoms with E-state index in [-0.39, 0.29) is 24.2 Å². The molecule has 0 aromatic carbocycles. The second-order valence-electron chi connectivity index (χ2n) is 9.12. The third-order valence-corrected chi connectivity index (χ3v) is 6.70. The molecule has 2 aliphatic rings. The molecule has 2 aromatic rings. The van der Waals surface area contributed by atoms with Crippen LogP contribution < -0.4 is 10.6 Å². The fourth-order valence-corrected chi connectivity index (χ4v) is 4.61. The molecule has 2 N–H and O–H groups in total. The fraction of sp³-hybridized carbons (Fsp3) is 0.652. The lowest BCUT2D eigenvalue weighted by Crippen LogP contribution is -2.34. The van der Waals surface area contributed by atoms with Crippen LogP contribution in [0.5, 0.6) is 0 Å². The van der Waals surface area contributed by atoms with E-state index in [1.54, 1.807) is 4.90 Å². The van der Waals surface area contributed by atoms with Gasteiger partial charge in [-0.15, -0.1) is 0 Å². The first kappa shape index (κ1) is 25.2. The molecule has 35 heavy (non-hydrogen) atoms. The SMILES string of the molecule is CCN1CCC(n2cc(Nc3ncc(C(F)(F)F)c(NCCCN4CCCC4=O)n3)c(C)n2)CC1. The molecule has 192 valence electrons. The van der Waals surface area contributed by atoms with Crippen LogP contribution in [0.15, 0.2) is 12.4 Å². The molecule has 0 atom stereocenters. The maximum absolute atomic E-state index is 13.5. The van der Waals surface area contributed by atoms with Crippen LogP contribution in [0.1, 0.15) is 56.3 Å². The Kier molecular flexibility index (Phi) is 7.78. The number of nitrogens with zero attached hydrogens (tertiary/aromatic N) is 6. The number of hydrogen-bond acceptors (Lipinski definition) is 7. The predicted octanol–water partition coefficient (Wildman–Crippen LogP) is 3.83. The maximum Gasteiger partial charge on any atom is 0.421 e. The van der Waals surface area contributed by atoms with Crippen LogP contribution in [-0.4, -0.2) is 74.7 Å². The van der Waals surface area contributed by atoms with Gasteiger partial charge >= 0.3 is 6.18 Å². The van der Waals surface area contributed by atoms with E-state index in [1.165, 1.54) is 0 Å². The van der Waals surface area contributed by atoms with Crippen molar-refractivity contribution in [3.8, 4) is 0 Å². The van der Waals surface area contributed by atoms with Gasteiger partial charge in [-0.3, -0.25) is 9.48 Å². The number of amides is 1. The van der Waals surface area contributed by atoms with Gasteiger partial charge < -0.3 is 20.4 Å². The highest BCUT2D eigenvalue weighted by Gasteiger charge is 2.35. The molecule has 4 rings (SSSR count). The highest BCUT2D eigenvalue weighted by atomic mass is 19.4. The second kappa shape index (κ2) is 10.8. The molecule has 0 unspecified atom stereocenters. The summed E-state index contributed by atoms with van der Waals surface area (Å²) in [6.07, 6.45) is 1.99. The summed E-state index contributed by atoms with van der Waals surface area (Å²) in [6.45, 7) is 8.56. The maximum atomic E-state index is 13.5. The van der Waals surface area contributed by atoms with Crippen LogP contribution in [0.3, 0.4) is 0 Å². The number of anilines is 3. The summed E-state index contributed by atoms with van der Waals surface area (Å²) in [6, 6.07) is 0.292. The molecule has 2 saturated heterocycles. The average molecular weight is 495 g/mol. The molecule has 2 aliphatic heterocycles. The first-order valence-corrected chi connectivity index (χ1v) is 12.3. The van der Waals surface area contributed by atoms with Gasteiger partial charge in [0.25, 0.3) is 0 Å². The summed E-state index contributed by atoms with van der Waals surface area (Å²) in [7, 11) is 0. The Morgan fingerprint density at radius 3 is 2.63 bits per heavy atom. The molecule has 1 amide bonds. The molecule has 0 aliphatic carbocycles. The number of rotatable bonds is 9. The van der Waals surface area contributed by atoms with Gasteiger partial charge in [0.1, 0.15) is 11.4 Å². The Morgan fingerprint density at radius 2 is 1.97 bits per heavy atom. The van der Waals surface area contributed by atoms with Crippen molar-refractivity contribution in [2.75, 3.05) is 49.9 Å². The lowest BCUT2D eigenvalue weighted by molar-refractivity contribution is -0.137. The predicted molar refractivity (Wildman–Crippen MR) is 127 cm³/mol. The number of nitrogens with one attached hydrogen (secondary N) is 2. The molecular formula is C23H33F3N8O. The molecule has 0 bridgehead atoms. The summed E-state index contributed by atoms with van der Waals surface area (Å²) in [5, 5.41) is 10.4. The average Bonchev–Trinajstić information content (AvgIpc) is 3.41. The third kappa shape index (κ3) is 6.22. The lowest BCUT2D eigenvalue weighted by Gasteiger charge is -2.31. The van der Waals surface area contributed by atoms with Crippen LogP contribution in [-0.2, 0) is 11.0 Å². The van der Waals surface area contributed by atoms with E-state index in [2.05, 4.69) is 37.5 Å². The van der Waals surface area contributed by atoms with Crippen molar-refractivity contribution in [1.29, 1.82) is 0 Å². The monoisotopic (exact) mass is 494 g/mol. The van der Waals surface area contributed by atoms with Crippen LogP contribution >= 0.6 is 0 Å². The Morgan fingerprint density at radius 1 is 1.20 bits per heavy atom. The number of hydrogen-bond donors (Lipinski definition) is 2. The minimum atomic E-state index is -4.58. The standard InChI is InChI=1S/C23H33F3N8O/c1-3-32-12-7-17(8-13-32)34-15-19(16(2)31-34)29-22-28-14-18(23(24,25)26)21(30-22)27-9-5-11-33-10-4-6-20(33)35/h14-15,17H,3-13H2,1-2H3,(H2,27,28,29,30). The van der Waals surface area contributed by atoms with Gasteiger partial charge in [-0.2, -0.15) is 23.3 Å². The normalized spacial score (nSPS) is 17.9. The highest BCUT2D eigenvalue weighted by Crippen LogP contribution is 2.34. The Hall–Kier alpha value is -2.89. The molecule has 12 heteroatoms. The van der Waals surface area contributed by atoms with Gasteiger partial charge in [0.2, 0.25) is 11.9 Å². The molecule has 9 nitrogen and oxygen atoms in total. The smallest absolute Gasteiger partial charge is 0.369 e. The summed E-state index contributed by atoms with van der Waals surface area (Å²) in [5.74, 6) is -0.111. The van der Waals surface area contributed by atoms with Crippen molar-refractivity contribution in [2.45, 2.75) is 58.2 Å². The molecule has 0 radical (unpaired) electrons. The third-order valence-electron chi connectivity index (χ3n) is 6.70. The molecule has 0 spiro atoms. The first-order valence-electron chi connectivity index (χ1n) is 12.3. The summed E-state index contributed by atoms with van der Waals surface area (Å²) in [4.78, 5) is 23.9. The quantitative estimate of drug-likeness (QED) is 0.512. The molecule has 2 aromatic heterocycles. The number of aryl methyl sites for hydroxylation is 1. The Bertz CT molecular complexity index is 1020. The summed E-state index contributed by atoms with van der Waals surface area (Å²) < 4.78 is 42.5. The number of carbonyl (C=O) groups excluding carboxylic acids is 1. The van der Waals surface area contributed by atoms with E-state index in [4.69, 9.17) is 0 Å². The van der Waals surface area contributed by atoms with Gasteiger partial charge in [0.15, 0.2) is 0 Å². The van der Waals surface area contributed by atoms with Crippen LogP contribution in [0, 0.1) is 6.92 Å². The number of halogens is 3. The Labute approximate surface area is 203 Å². The van der Waals surface area contributed by atoms with Crippen LogP contribution in [0.25, 0.3) is 0 Å². The fourth-order valence-electron chi connectivity index (χ4n) is 4.61. The van der Waals surface area contributed by atoms with Crippen molar-refractivity contribution in [2.24, 2.45) is 0 Å². The molecular weight excluding hydrogens is 461 g/mol. The van der Waals surface area contributed by atoms with Crippen molar-refractivity contribution in [3.05, 3.63) is 23.7 Å². The van der Waals surface area contributed by atoms with Gasteiger partial charge in [-0.25, -0.2) is 4.98 Å². The Balaban J connectivity index is 1.42. The first-order chi connectivity index (χ1) is 16.7. The lowest BCUT2D eigenvalue weighted by atomic mass is 10.1. The van der Waals surface area contributed by atoms with E-state index in [0.717, 1.165) is 50.8 Å². The zero-order valence-electron chi connectivity index (χ0n) is 20.2. The number of alkyl halides is 3. The zero-order valence-corrected chi connectivity index (χ0v) is 20.2. The summed E-state index contributed by atoms with van der Waals surface area (Å²) in [5.41, 5.74) is 0.479. The second-order valence-corrected chi connectivity index (χ2v) is 9.12. The number of likely N-dealkylation sites (tertiary alicyclic amines) is 2. The van der Waals surface area contributed by atoms with Crippen LogP contribution in [0.4, 0.5) is 30.6 Å². The zero-order chi connectivity index (χ0) is 25.0. The van der Waals surface area contributed by atoms with Gasteiger partial charge in [0.05, 0.1) is 17.4 Å². The van der Waals surface area contributed by atoms with Gasteiger partial charge in [0, 0.05) is 51.5 Å². The van der Waals surface area contributed by atoms with E-state index in [1.807, 2.05) is 17.8 Å². The molecule has 0 saturated carbocycles. The van der Waals surface area contributed by atoms with Crippen molar-refractivity contribution >= 4 is 23.4 Å². The van der Waals surface area contributed by atoms with E-state index in [9.17, 15) is 18.0 Å². The number of carbonyl (C=O) groups is 1. The minimum Gasteiger partial charge on any atom is -0.369 e. The van der Waals surface area contributed by atoms with Gasteiger partial charge in [-0.05, 0) is 39.2 Å². The van der Waals surface area contributed by atoms with E-state index in [0.29, 0.717) is 37.7 Å². The number of piperidine rings is 1. The number of aromatic nitrogens is 4. The van der Waals surface area contributed by atoms with Gasteiger partial charge in [-0.1, -0.05) is 6.92 Å². The minimum absolute atomic E-state index is 0.0682. The topological polar surface area (TPSA) is 91.2 Å². The van der Waals surface area contributed by atoms with E-state index >= 15 is 0 Å². The molecule has 2 fully saturated rings. The van der Waals surface area contributed by atoms with E-state index < -0.39 is 11.7 Å². The molecule has 4 heterocycles. The highest BCUT2D eigenvalue weighted by molar-refractivity contribution is 5.78. The van der Waals surface area contributed by atoms with Crippen LogP contribution in [0.2, 0.25) is 0 Å². The van der Waals surface area contributed by atoms with Crippen molar-refractivity contribution in [3.63, 3.8) is 0 Å². The van der Waals surface area contributed by atoms with Crippen molar-refractivity contribution < 1.29 is 18.0 Å². The van der Waals surface area contributed by atoms with Crippen molar-refractivity contribution in [1.82, 2.24) is 29.5 Å². The largest absolute Gasteiger partial charge is 0.421 e. The summed E-state index contributed by atoms with van der Waals surface area (Å²) >= 11 is 0.